The summed E-state index contributed by atoms with van der Waals surface area (Å²) in [7, 11) is 0. The predicted octanol–water partition coefficient (Wildman–Crippen LogP) is 4.21. The van der Waals surface area contributed by atoms with Crippen molar-refractivity contribution >= 4 is 23.2 Å². The molecule has 0 bridgehead atoms. The lowest BCUT2D eigenvalue weighted by molar-refractivity contribution is -0.121. The minimum absolute atomic E-state index is 0.00558. The van der Waals surface area contributed by atoms with Crippen molar-refractivity contribution in [2.75, 3.05) is 30.3 Å². The highest BCUT2D eigenvalue weighted by Gasteiger charge is 2.26. The zero-order valence-electron chi connectivity index (χ0n) is 17.8. The van der Waals surface area contributed by atoms with Crippen molar-refractivity contribution in [3.63, 3.8) is 0 Å². The average molecular weight is 394 g/mol. The number of piperidine rings is 1. The van der Waals surface area contributed by atoms with E-state index in [2.05, 4.69) is 22.5 Å². The summed E-state index contributed by atoms with van der Waals surface area (Å²) in [6, 6.07) is 11.9. The Kier molecular flexibility index (Phi) is 6.70. The smallest absolute Gasteiger partial charge is 0.238 e. The molecule has 2 N–H and O–H groups in total. The summed E-state index contributed by atoms with van der Waals surface area (Å²) in [5.41, 5.74) is 6.39. The lowest BCUT2D eigenvalue weighted by atomic mass is 9.95. The van der Waals surface area contributed by atoms with Crippen LogP contribution in [0.5, 0.6) is 0 Å². The largest absolute Gasteiger partial charge is 0.326 e. The van der Waals surface area contributed by atoms with Crippen molar-refractivity contribution < 1.29 is 9.59 Å². The molecule has 2 amide bonds. The van der Waals surface area contributed by atoms with E-state index in [0.29, 0.717) is 6.54 Å². The van der Waals surface area contributed by atoms with Crippen molar-refractivity contribution in [1.29, 1.82) is 0 Å². The molecule has 0 radical (unpaired) electrons. The van der Waals surface area contributed by atoms with E-state index < -0.39 is 0 Å². The van der Waals surface area contributed by atoms with Gasteiger partial charge in [-0.1, -0.05) is 18.2 Å². The third kappa shape index (κ3) is 5.45. The van der Waals surface area contributed by atoms with Crippen molar-refractivity contribution in [3.05, 3.63) is 58.7 Å². The highest BCUT2D eigenvalue weighted by Crippen LogP contribution is 2.23. The molecule has 154 valence electrons. The predicted molar refractivity (Wildman–Crippen MR) is 118 cm³/mol. The van der Waals surface area contributed by atoms with E-state index >= 15 is 0 Å². The van der Waals surface area contributed by atoms with Crippen molar-refractivity contribution in [2.45, 2.75) is 40.5 Å². The van der Waals surface area contributed by atoms with E-state index in [1.807, 2.05) is 57.2 Å². The van der Waals surface area contributed by atoms with Crippen molar-refractivity contribution in [1.82, 2.24) is 4.90 Å². The van der Waals surface area contributed by atoms with Gasteiger partial charge in [0.1, 0.15) is 0 Å². The Labute approximate surface area is 173 Å². The Morgan fingerprint density at radius 1 is 0.931 bits per heavy atom. The molecule has 1 fully saturated rings. The summed E-state index contributed by atoms with van der Waals surface area (Å²) >= 11 is 0. The third-order valence-electron chi connectivity index (χ3n) is 5.98. The van der Waals surface area contributed by atoms with Crippen LogP contribution in [0, 0.1) is 33.6 Å². The number of carbonyl (C=O) groups is 2. The van der Waals surface area contributed by atoms with E-state index in [4.69, 9.17) is 0 Å². The van der Waals surface area contributed by atoms with Gasteiger partial charge in [-0.25, -0.2) is 0 Å². The number of nitrogens with one attached hydrogen (secondary N) is 2. The molecule has 1 saturated heterocycles. The first-order chi connectivity index (χ1) is 13.8. The van der Waals surface area contributed by atoms with Crippen LogP contribution in [-0.2, 0) is 9.59 Å². The molecule has 0 aromatic heterocycles. The van der Waals surface area contributed by atoms with E-state index in [-0.39, 0.29) is 17.7 Å². The molecule has 3 rings (SSSR count). The van der Waals surface area contributed by atoms with E-state index in [0.717, 1.165) is 42.9 Å². The van der Waals surface area contributed by atoms with Gasteiger partial charge in [0.05, 0.1) is 6.54 Å². The van der Waals surface area contributed by atoms with Gasteiger partial charge in [-0.15, -0.1) is 0 Å². The highest BCUT2D eigenvalue weighted by molar-refractivity contribution is 5.94. The van der Waals surface area contributed by atoms with E-state index in [1.165, 1.54) is 16.7 Å². The van der Waals surface area contributed by atoms with E-state index in [9.17, 15) is 9.59 Å². The first-order valence-corrected chi connectivity index (χ1v) is 10.3. The van der Waals surface area contributed by atoms with Gasteiger partial charge in [-0.05, 0) is 94.1 Å². The number of hydrogen-bond donors (Lipinski definition) is 2. The second-order valence-electron chi connectivity index (χ2n) is 8.13. The van der Waals surface area contributed by atoms with Gasteiger partial charge in [0.25, 0.3) is 0 Å². The van der Waals surface area contributed by atoms with Gasteiger partial charge >= 0.3 is 0 Å². The monoisotopic (exact) mass is 393 g/mol. The molecule has 5 nitrogen and oxygen atoms in total. The van der Waals surface area contributed by atoms with Gasteiger partial charge in [0, 0.05) is 17.3 Å². The maximum atomic E-state index is 12.7. The number of rotatable bonds is 5. The minimum atomic E-state index is -0.00783. The average Bonchev–Trinajstić information content (AvgIpc) is 2.69. The lowest BCUT2D eigenvalue weighted by Crippen LogP contribution is -2.41. The molecule has 1 aliphatic heterocycles. The van der Waals surface area contributed by atoms with Gasteiger partial charge < -0.3 is 10.6 Å². The van der Waals surface area contributed by atoms with Crippen LogP contribution in [0.3, 0.4) is 0 Å². The zero-order chi connectivity index (χ0) is 21.0. The molecular formula is C24H31N3O2. The molecule has 2 aromatic carbocycles. The number of aryl methyl sites for hydroxylation is 3. The molecule has 5 heteroatoms. The maximum Gasteiger partial charge on any atom is 0.238 e. The number of anilines is 2. The van der Waals surface area contributed by atoms with Crippen LogP contribution in [0.1, 0.15) is 35.1 Å². The quantitative estimate of drug-likeness (QED) is 0.800. The van der Waals surface area contributed by atoms with Crippen LogP contribution in [0.4, 0.5) is 11.4 Å². The summed E-state index contributed by atoms with van der Waals surface area (Å²) in [5.74, 6) is 0.0680. The van der Waals surface area contributed by atoms with E-state index in [1.54, 1.807) is 0 Å². The van der Waals surface area contributed by atoms with Gasteiger partial charge in [-0.3, -0.25) is 14.5 Å². The second-order valence-corrected chi connectivity index (χ2v) is 8.13. The summed E-state index contributed by atoms with van der Waals surface area (Å²) in [5, 5.41) is 6.06. The number of amides is 2. The lowest BCUT2D eigenvalue weighted by Gasteiger charge is -2.30. The van der Waals surface area contributed by atoms with Crippen LogP contribution >= 0.6 is 0 Å². The Morgan fingerprint density at radius 3 is 2.34 bits per heavy atom. The Hall–Kier alpha value is -2.66. The normalized spacial score (nSPS) is 15.2. The number of carbonyl (C=O) groups excluding carboxylic acids is 2. The molecule has 0 spiro atoms. The van der Waals surface area contributed by atoms with Crippen LogP contribution < -0.4 is 10.6 Å². The Bertz CT molecular complexity index is 899. The molecule has 0 unspecified atom stereocenters. The molecule has 0 atom stereocenters. The summed E-state index contributed by atoms with van der Waals surface area (Å²) in [6.07, 6.45) is 1.54. The Balaban J connectivity index is 1.47. The fourth-order valence-corrected chi connectivity index (χ4v) is 3.70. The molecule has 1 aliphatic rings. The van der Waals surface area contributed by atoms with Crippen LogP contribution in [-0.4, -0.2) is 36.3 Å². The number of nitrogens with zero attached hydrogens (tertiary/aromatic N) is 1. The molecular weight excluding hydrogens is 362 g/mol. The second kappa shape index (κ2) is 9.23. The number of benzene rings is 2. The Morgan fingerprint density at radius 2 is 1.66 bits per heavy atom. The minimum Gasteiger partial charge on any atom is -0.326 e. The van der Waals surface area contributed by atoms with Crippen LogP contribution in [0.15, 0.2) is 36.4 Å². The number of hydrogen-bond acceptors (Lipinski definition) is 3. The fourth-order valence-electron chi connectivity index (χ4n) is 3.70. The standard InChI is InChI=1S/C24H31N3O2/c1-16-8-9-21(14-18(16)3)25-23(28)15-27-12-10-20(11-13-27)24(29)26-22-7-5-6-17(2)19(22)4/h5-9,14,20H,10-13,15H2,1-4H3,(H,25,28)(H,26,29). The summed E-state index contributed by atoms with van der Waals surface area (Å²) in [6.45, 7) is 10.0. The number of likely N-dealkylation sites (tertiary alicyclic amines) is 1. The van der Waals surface area contributed by atoms with Crippen molar-refractivity contribution in [2.24, 2.45) is 5.92 Å². The molecule has 0 saturated carbocycles. The first kappa shape index (κ1) is 21.1. The summed E-state index contributed by atoms with van der Waals surface area (Å²) < 4.78 is 0. The SMILES string of the molecule is Cc1ccc(NC(=O)CN2CCC(C(=O)Nc3cccc(C)c3C)CC2)cc1C. The highest BCUT2D eigenvalue weighted by atomic mass is 16.2. The molecule has 0 aliphatic carbocycles. The first-order valence-electron chi connectivity index (χ1n) is 10.3. The van der Waals surface area contributed by atoms with Gasteiger partial charge in [0.15, 0.2) is 0 Å². The van der Waals surface area contributed by atoms with Crippen molar-refractivity contribution in [3.8, 4) is 0 Å². The van der Waals surface area contributed by atoms with Gasteiger partial charge in [0.2, 0.25) is 11.8 Å². The fraction of sp³-hybridized carbons (Fsp3) is 0.417. The van der Waals surface area contributed by atoms with Gasteiger partial charge in [-0.2, -0.15) is 0 Å². The molecule has 2 aromatic rings. The maximum absolute atomic E-state index is 12.7. The zero-order valence-corrected chi connectivity index (χ0v) is 17.8. The molecule has 29 heavy (non-hydrogen) atoms. The van der Waals surface area contributed by atoms with Crippen LogP contribution in [0.25, 0.3) is 0 Å². The molecule has 1 heterocycles. The van der Waals surface area contributed by atoms with Crippen LogP contribution in [0.2, 0.25) is 0 Å². The summed E-state index contributed by atoms with van der Waals surface area (Å²) in [4.78, 5) is 27.1. The topological polar surface area (TPSA) is 61.4 Å². The third-order valence-corrected chi connectivity index (χ3v) is 5.98.